The van der Waals surface area contributed by atoms with Crippen molar-refractivity contribution in [2.45, 2.75) is 13.0 Å². The van der Waals surface area contributed by atoms with Gasteiger partial charge in [0.1, 0.15) is 0 Å². The Morgan fingerprint density at radius 3 is 2.92 bits per heavy atom. The van der Waals surface area contributed by atoms with Crippen LogP contribution in [-0.2, 0) is 17.8 Å². The Hall–Kier alpha value is -1.11. The number of thiophene rings is 2. The molecule has 0 saturated carbocycles. The van der Waals surface area contributed by atoms with Crippen molar-refractivity contribution < 1.29 is 4.79 Å². The predicted molar refractivity (Wildman–Crippen MR) is 103 cm³/mol. The zero-order valence-electron chi connectivity index (χ0n) is 12.6. The Kier molecular flexibility index (Phi) is 4.31. The first-order valence-electron chi connectivity index (χ1n) is 7.54. The molecule has 24 heavy (non-hydrogen) atoms. The first-order chi connectivity index (χ1) is 11.6. The van der Waals surface area contributed by atoms with Gasteiger partial charge in [0.25, 0.3) is 0 Å². The standard InChI is InChI=1S/C17H14Cl2N2OS2/c18-11-6-10(12-2-1-5-23-12)15-9-3-4-21(14(22)7-20)8-13(9)24-17(15)16(11)19/h1-2,5-6H,3-4,7-8,20H2. The van der Waals surface area contributed by atoms with E-state index in [1.54, 1.807) is 22.7 Å². The number of carbonyl (C=O) groups is 1. The van der Waals surface area contributed by atoms with E-state index in [1.165, 1.54) is 20.7 Å². The van der Waals surface area contributed by atoms with Gasteiger partial charge in [-0.05, 0) is 29.5 Å². The molecule has 7 heteroatoms. The molecule has 0 unspecified atom stereocenters. The van der Waals surface area contributed by atoms with Gasteiger partial charge in [0.05, 0.1) is 27.8 Å². The fourth-order valence-electron chi connectivity index (χ4n) is 3.18. The van der Waals surface area contributed by atoms with Crippen molar-refractivity contribution in [1.82, 2.24) is 4.90 Å². The van der Waals surface area contributed by atoms with Gasteiger partial charge in [0.2, 0.25) is 5.91 Å². The smallest absolute Gasteiger partial charge is 0.236 e. The highest BCUT2D eigenvalue weighted by molar-refractivity contribution is 7.20. The first-order valence-corrected chi connectivity index (χ1v) is 9.99. The molecule has 1 aromatic carbocycles. The third-order valence-corrected chi connectivity index (χ3v) is 7.36. The van der Waals surface area contributed by atoms with Crippen LogP contribution in [-0.4, -0.2) is 23.9 Å². The number of fused-ring (bicyclic) bond motifs is 3. The maximum atomic E-state index is 11.9. The molecule has 1 aliphatic rings. The number of hydrogen-bond acceptors (Lipinski definition) is 4. The molecule has 2 aromatic heterocycles. The lowest BCUT2D eigenvalue weighted by Gasteiger charge is -2.26. The zero-order valence-corrected chi connectivity index (χ0v) is 15.8. The second kappa shape index (κ2) is 6.32. The average Bonchev–Trinajstić information content (AvgIpc) is 3.24. The van der Waals surface area contributed by atoms with Gasteiger partial charge in [-0.15, -0.1) is 22.7 Å². The van der Waals surface area contributed by atoms with Crippen LogP contribution >= 0.6 is 45.9 Å². The van der Waals surface area contributed by atoms with E-state index < -0.39 is 0 Å². The summed E-state index contributed by atoms with van der Waals surface area (Å²) in [6, 6.07) is 6.10. The summed E-state index contributed by atoms with van der Waals surface area (Å²) >= 11 is 16.2. The van der Waals surface area contributed by atoms with E-state index in [0.29, 0.717) is 23.1 Å². The summed E-state index contributed by atoms with van der Waals surface area (Å²) in [6.07, 6.45) is 0.817. The van der Waals surface area contributed by atoms with Crippen molar-refractivity contribution >= 4 is 61.9 Å². The molecule has 0 fully saturated rings. The number of amides is 1. The van der Waals surface area contributed by atoms with Crippen molar-refractivity contribution in [1.29, 1.82) is 0 Å². The van der Waals surface area contributed by atoms with Crippen LogP contribution in [0.25, 0.3) is 20.5 Å². The van der Waals surface area contributed by atoms with Crippen molar-refractivity contribution in [3.63, 3.8) is 0 Å². The Balaban J connectivity index is 1.93. The van der Waals surface area contributed by atoms with Crippen LogP contribution in [0.3, 0.4) is 0 Å². The quantitative estimate of drug-likeness (QED) is 0.677. The normalized spacial score (nSPS) is 14.2. The zero-order chi connectivity index (χ0) is 16.8. The second-order valence-electron chi connectivity index (χ2n) is 5.67. The minimum atomic E-state index is -0.0132. The van der Waals surface area contributed by atoms with Crippen LogP contribution in [0.5, 0.6) is 0 Å². The van der Waals surface area contributed by atoms with Gasteiger partial charge in [0, 0.05) is 27.2 Å². The van der Waals surface area contributed by atoms with Crippen molar-refractivity contribution in [2.75, 3.05) is 13.1 Å². The Labute approximate surface area is 157 Å². The molecule has 3 nitrogen and oxygen atoms in total. The van der Waals surface area contributed by atoms with E-state index in [9.17, 15) is 4.79 Å². The van der Waals surface area contributed by atoms with E-state index in [-0.39, 0.29) is 12.5 Å². The molecule has 3 aromatic rings. The van der Waals surface area contributed by atoms with Crippen LogP contribution in [0.4, 0.5) is 0 Å². The highest BCUT2D eigenvalue weighted by Gasteiger charge is 2.26. The predicted octanol–water partition coefficient (Wildman–Crippen LogP) is 4.78. The van der Waals surface area contributed by atoms with Gasteiger partial charge in [-0.2, -0.15) is 0 Å². The average molecular weight is 397 g/mol. The lowest BCUT2D eigenvalue weighted by molar-refractivity contribution is -0.130. The summed E-state index contributed by atoms with van der Waals surface area (Å²) < 4.78 is 1.01. The monoisotopic (exact) mass is 396 g/mol. The van der Waals surface area contributed by atoms with Crippen molar-refractivity contribution in [3.05, 3.63) is 44.1 Å². The maximum Gasteiger partial charge on any atom is 0.236 e. The van der Waals surface area contributed by atoms with Gasteiger partial charge in [-0.1, -0.05) is 29.3 Å². The number of nitrogens with zero attached hydrogens (tertiary/aromatic N) is 1. The Morgan fingerprint density at radius 1 is 1.38 bits per heavy atom. The molecule has 0 bridgehead atoms. The fraction of sp³-hybridized carbons (Fsp3) is 0.235. The summed E-state index contributed by atoms with van der Waals surface area (Å²) in [5.74, 6) is -0.0132. The third kappa shape index (κ3) is 2.55. The fourth-order valence-corrected chi connectivity index (χ4v) is 5.78. The molecule has 0 atom stereocenters. The first kappa shape index (κ1) is 16.4. The van der Waals surface area contributed by atoms with Crippen LogP contribution in [0.1, 0.15) is 10.4 Å². The van der Waals surface area contributed by atoms with Crippen LogP contribution < -0.4 is 5.73 Å². The van der Waals surface area contributed by atoms with Crippen molar-refractivity contribution in [3.8, 4) is 10.4 Å². The van der Waals surface area contributed by atoms with Gasteiger partial charge in [-0.3, -0.25) is 4.79 Å². The lowest BCUT2D eigenvalue weighted by atomic mass is 9.98. The van der Waals surface area contributed by atoms with E-state index >= 15 is 0 Å². The number of carbonyl (C=O) groups excluding carboxylic acids is 1. The third-order valence-electron chi connectivity index (χ3n) is 4.32. The van der Waals surface area contributed by atoms with E-state index in [0.717, 1.165) is 16.7 Å². The minimum absolute atomic E-state index is 0.0132. The SMILES string of the molecule is NCC(=O)N1CCc2c(sc3c(Cl)c(Cl)cc(-c4cccs4)c23)C1. The number of halogens is 2. The molecule has 3 heterocycles. The molecule has 1 aliphatic heterocycles. The largest absolute Gasteiger partial charge is 0.336 e. The summed E-state index contributed by atoms with van der Waals surface area (Å²) in [5.41, 5.74) is 7.93. The highest BCUT2D eigenvalue weighted by Crippen LogP contribution is 2.47. The Bertz CT molecular complexity index is 934. The Morgan fingerprint density at radius 2 is 2.21 bits per heavy atom. The molecule has 0 aliphatic carbocycles. The molecule has 0 radical (unpaired) electrons. The number of rotatable bonds is 2. The minimum Gasteiger partial charge on any atom is -0.336 e. The molecular weight excluding hydrogens is 383 g/mol. The molecule has 2 N–H and O–H groups in total. The molecule has 124 valence electrons. The molecule has 0 spiro atoms. The van der Waals surface area contributed by atoms with E-state index in [1.807, 2.05) is 17.0 Å². The number of benzene rings is 1. The summed E-state index contributed by atoms with van der Waals surface area (Å²) in [5, 5.41) is 4.42. The topological polar surface area (TPSA) is 46.3 Å². The van der Waals surface area contributed by atoms with Gasteiger partial charge in [-0.25, -0.2) is 0 Å². The van der Waals surface area contributed by atoms with E-state index in [2.05, 4.69) is 11.4 Å². The number of nitrogens with two attached hydrogens (primary N) is 1. The van der Waals surface area contributed by atoms with Crippen LogP contribution in [0.2, 0.25) is 10.0 Å². The van der Waals surface area contributed by atoms with E-state index in [4.69, 9.17) is 28.9 Å². The molecule has 4 rings (SSSR count). The molecule has 0 saturated heterocycles. The number of hydrogen-bond donors (Lipinski definition) is 1. The summed E-state index contributed by atoms with van der Waals surface area (Å²) in [6.45, 7) is 1.34. The van der Waals surface area contributed by atoms with Crippen LogP contribution in [0.15, 0.2) is 23.6 Å². The maximum absolute atomic E-state index is 11.9. The van der Waals surface area contributed by atoms with Gasteiger partial charge < -0.3 is 10.6 Å². The molecule has 1 amide bonds. The van der Waals surface area contributed by atoms with Gasteiger partial charge >= 0.3 is 0 Å². The van der Waals surface area contributed by atoms with Crippen molar-refractivity contribution in [2.24, 2.45) is 5.73 Å². The second-order valence-corrected chi connectivity index (χ2v) is 8.51. The summed E-state index contributed by atoms with van der Waals surface area (Å²) in [4.78, 5) is 16.1. The van der Waals surface area contributed by atoms with Gasteiger partial charge in [0.15, 0.2) is 0 Å². The summed E-state index contributed by atoms with van der Waals surface area (Å²) in [7, 11) is 0. The van der Waals surface area contributed by atoms with Crippen LogP contribution in [0, 0.1) is 0 Å². The lowest BCUT2D eigenvalue weighted by Crippen LogP contribution is -2.39. The molecular formula is C17H14Cl2N2OS2. The highest BCUT2D eigenvalue weighted by atomic mass is 35.5.